The van der Waals surface area contributed by atoms with Gasteiger partial charge in [-0.1, -0.05) is 6.42 Å². The maximum absolute atomic E-state index is 13.9. The molecule has 3 unspecified atom stereocenters. The number of nitrogens with one attached hydrogen (secondary N) is 1. The van der Waals surface area contributed by atoms with Crippen molar-refractivity contribution in [3.63, 3.8) is 0 Å². The second-order valence-corrected chi connectivity index (χ2v) is 7.42. The number of nitrogens with zero attached hydrogens (tertiary/aromatic N) is 2. The van der Waals surface area contributed by atoms with Crippen LogP contribution >= 0.6 is 0 Å². The van der Waals surface area contributed by atoms with Crippen molar-refractivity contribution in [2.45, 2.75) is 38.3 Å². The van der Waals surface area contributed by atoms with Crippen LogP contribution in [0.15, 0.2) is 18.2 Å². The highest BCUT2D eigenvalue weighted by Crippen LogP contribution is 2.30. The second kappa shape index (κ2) is 7.70. The molecule has 138 valence electrons. The molecule has 1 heterocycles. The van der Waals surface area contributed by atoms with E-state index in [1.165, 1.54) is 6.07 Å². The van der Waals surface area contributed by atoms with Gasteiger partial charge in [0.05, 0.1) is 12.0 Å². The monoisotopic (exact) mass is 348 g/mol. The van der Waals surface area contributed by atoms with Gasteiger partial charge in [0.25, 0.3) is 0 Å². The summed E-state index contributed by atoms with van der Waals surface area (Å²) < 4.78 is 13.9. The van der Waals surface area contributed by atoms with Crippen molar-refractivity contribution in [1.29, 1.82) is 0 Å². The summed E-state index contributed by atoms with van der Waals surface area (Å²) in [5, 5.41) is 3.06. The number of amides is 1. The van der Waals surface area contributed by atoms with Gasteiger partial charge in [-0.3, -0.25) is 4.79 Å². The summed E-state index contributed by atoms with van der Waals surface area (Å²) in [6.45, 7) is 5.70. The van der Waals surface area contributed by atoms with E-state index in [1.807, 2.05) is 13.0 Å². The summed E-state index contributed by atoms with van der Waals surface area (Å²) in [4.78, 5) is 17.1. The lowest BCUT2D eigenvalue weighted by Gasteiger charge is -2.36. The summed E-state index contributed by atoms with van der Waals surface area (Å²) in [6, 6.07) is 4.58. The van der Waals surface area contributed by atoms with Crippen LogP contribution in [-0.4, -0.2) is 50.1 Å². The van der Waals surface area contributed by atoms with Crippen LogP contribution in [0.4, 0.5) is 10.1 Å². The molecule has 0 radical (unpaired) electrons. The van der Waals surface area contributed by atoms with E-state index in [4.69, 9.17) is 5.73 Å². The van der Waals surface area contributed by atoms with Crippen molar-refractivity contribution in [3.8, 4) is 0 Å². The lowest BCUT2D eigenvalue weighted by Crippen LogP contribution is -2.45. The third-order valence-corrected chi connectivity index (χ3v) is 5.56. The van der Waals surface area contributed by atoms with Gasteiger partial charge in [0.1, 0.15) is 5.82 Å². The van der Waals surface area contributed by atoms with Crippen LogP contribution in [0.5, 0.6) is 0 Å². The summed E-state index contributed by atoms with van der Waals surface area (Å²) in [5.74, 6) is -0.402. The number of hydrogen-bond donors (Lipinski definition) is 2. The quantitative estimate of drug-likeness (QED) is 0.872. The third kappa shape index (κ3) is 4.12. The molecular formula is C19H29FN4O. The van der Waals surface area contributed by atoms with Crippen LogP contribution in [0.1, 0.15) is 37.8 Å². The maximum atomic E-state index is 13.9. The Morgan fingerprint density at radius 3 is 2.64 bits per heavy atom. The van der Waals surface area contributed by atoms with Crippen LogP contribution in [0, 0.1) is 11.7 Å². The number of nitrogens with two attached hydrogens (primary N) is 1. The maximum Gasteiger partial charge on any atom is 0.225 e. The number of anilines is 1. The molecule has 2 aliphatic rings. The van der Waals surface area contributed by atoms with Gasteiger partial charge < -0.3 is 20.9 Å². The number of rotatable bonds is 4. The van der Waals surface area contributed by atoms with E-state index in [9.17, 15) is 9.18 Å². The zero-order chi connectivity index (χ0) is 18.0. The Bertz CT molecular complexity index is 615. The minimum absolute atomic E-state index is 0.00825. The fourth-order valence-electron chi connectivity index (χ4n) is 3.92. The van der Waals surface area contributed by atoms with Gasteiger partial charge in [-0.2, -0.15) is 0 Å². The van der Waals surface area contributed by atoms with Gasteiger partial charge in [0, 0.05) is 43.5 Å². The highest BCUT2D eigenvalue weighted by Gasteiger charge is 2.31. The minimum Gasteiger partial charge on any atom is -0.369 e. The van der Waals surface area contributed by atoms with Crippen LogP contribution in [0.2, 0.25) is 0 Å². The van der Waals surface area contributed by atoms with Crippen LogP contribution in [0.25, 0.3) is 0 Å². The van der Waals surface area contributed by atoms with Gasteiger partial charge >= 0.3 is 0 Å². The fraction of sp³-hybridized carbons (Fsp3) is 0.632. The molecule has 1 aromatic carbocycles. The molecule has 1 saturated carbocycles. The first-order valence-corrected chi connectivity index (χ1v) is 9.24. The molecule has 1 aliphatic carbocycles. The van der Waals surface area contributed by atoms with Gasteiger partial charge in [0.2, 0.25) is 5.91 Å². The predicted molar refractivity (Wildman–Crippen MR) is 98.0 cm³/mol. The Hall–Kier alpha value is -1.66. The first-order valence-electron chi connectivity index (χ1n) is 9.24. The van der Waals surface area contributed by atoms with Crippen molar-refractivity contribution in [2.75, 3.05) is 38.1 Å². The SMILES string of the molecule is CC(NC(=O)C1CCCC1N)c1cc(F)ccc1N1CCN(C)CC1. The molecular weight excluding hydrogens is 319 g/mol. The molecule has 3 N–H and O–H groups in total. The molecule has 2 fully saturated rings. The topological polar surface area (TPSA) is 61.6 Å². The fourth-order valence-corrected chi connectivity index (χ4v) is 3.92. The van der Waals surface area contributed by atoms with E-state index in [-0.39, 0.29) is 29.7 Å². The predicted octanol–water partition coefficient (Wildman–Crippen LogP) is 1.88. The molecule has 1 aromatic rings. The van der Waals surface area contributed by atoms with Crippen molar-refractivity contribution in [3.05, 3.63) is 29.6 Å². The summed E-state index contributed by atoms with van der Waals surface area (Å²) in [5.41, 5.74) is 7.89. The van der Waals surface area contributed by atoms with Gasteiger partial charge in [-0.05, 0) is 45.0 Å². The van der Waals surface area contributed by atoms with Gasteiger partial charge in [0.15, 0.2) is 0 Å². The van der Waals surface area contributed by atoms with Crippen molar-refractivity contribution in [2.24, 2.45) is 11.7 Å². The van der Waals surface area contributed by atoms with E-state index < -0.39 is 0 Å². The van der Waals surface area contributed by atoms with Gasteiger partial charge in [-0.15, -0.1) is 0 Å². The Balaban J connectivity index is 1.75. The average molecular weight is 348 g/mol. The zero-order valence-electron chi connectivity index (χ0n) is 15.2. The number of piperazine rings is 1. The standard InChI is InChI=1S/C19H29FN4O/c1-13(22-19(25)15-4-3-5-17(15)21)16-12-14(20)6-7-18(16)24-10-8-23(2)9-11-24/h6-7,12-13,15,17H,3-5,8-11,21H2,1-2H3,(H,22,25). The number of halogens is 1. The number of benzene rings is 1. The summed E-state index contributed by atoms with van der Waals surface area (Å²) in [6.07, 6.45) is 2.74. The number of hydrogen-bond acceptors (Lipinski definition) is 4. The first-order chi connectivity index (χ1) is 12.0. The molecule has 3 rings (SSSR count). The largest absolute Gasteiger partial charge is 0.369 e. The smallest absolute Gasteiger partial charge is 0.225 e. The third-order valence-electron chi connectivity index (χ3n) is 5.56. The molecule has 1 saturated heterocycles. The second-order valence-electron chi connectivity index (χ2n) is 7.42. The van der Waals surface area contributed by atoms with Crippen molar-refractivity contribution >= 4 is 11.6 Å². The van der Waals surface area contributed by atoms with Crippen molar-refractivity contribution < 1.29 is 9.18 Å². The highest BCUT2D eigenvalue weighted by molar-refractivity contribution is 5.80. The Morgan fingerprint density at radius 2 is 2.00 bits per heavy atom. The molecule has 3 atom stereocenters. The van der Waals surface area contributed by atoms with Crippen LogP contribution in [-0.2, 0) is 4.79 Å². The van der Waals surface area contributed by atoms with Crippen LogP contribution < -0.4 is 16.0 Å². The van der Waals surface area contributed by atoms with Crippen LogP contribution in [0.3, 0.4) is 0 Å². The van der Waals surface area contributed by atoms with E-state index in [2.05, 4.69) is 22.2 Å². The lowest BCUT2D eigenvalue weighted by atomic mass is 10.0. The summed E-state index contributed by atoms with van der Waals surface area (Å²) >= 11 is 0. The van der Waals surface area contributed by atoms with Crippen molar-refractivity contribution in [1.82, 2.24) is 10.2 Å². The van der Waals surface area contributed by atoms with E-state index in [0.29, 0.717) is 0 Å². The number of carbonyl (C=O) groups excluding carboxylic acids is 1. The van der Waals surface area contributed by atoms with E-state index >= 15 is 0 Å². The molecule has 25 heavy (non-hydrogen) atoms. The number of carbonyl (C=O) groups is 1. The number of likely N-dealkylation sites (N-methyl/N-ethyl adjacent to an activating group) is 1. The molecule has 1 aliphatic heterocycles. The first kappa shape index (κ1) is 18.1. The Kier molecular flexibility index (Phi) is 5.59. The molecule has 1 amide bonds. The zero-order valence-corrected chi connectivity index (χ0v) is 15.2. The highest BCUT2D eigenvalue weighted by atomic mass is 19.1. The van der Waals surface area contributed by atoms with E-state index in [1.54, 1.807) is 6.07 Å². The molecule has 5 nitrogen and oxygen atoms in total. The Labute approximate surface area is 149 Å². The average Bonchev–Trinajstić information content (AvgIpc) is 3.02. The van der Waals surface area contributed by atoms with Gasteiger partial charge in [-0.25, -0.2) is 4.39 Å². The summed E-state index contributed by atoms with van der Waals surface area (Å²) in [7, 11) is 2.11. The lowest BCUT2D eigenvalue weighted by molar-refractivity contribution is -0.125. The minimum atomic E-state index is -0.272. The molecule has 0 aromatic heterocycles. The molecule has 6 heteroatoms. The van der Waals surface area contributed by atoms with E-state index in [0.717, 1.165) is 56.7 Å². The molecule has 0 bridgehead atoms. The molecule has 0 spiro atoms. The normalized spacial score (nSPS) is 25.8. The Morgan fingerprint density at radius 1 is 1.28 bits per heavy atom.